The van der Waals surface area contributed by atoms with Crippen molar-refractivity contribution in [2.45, 2.75) is 6.04 Å². The summed E-state index contributed by atoms with van der Waals surface area (Å²) in [7, 11) is 0. The van der Waals surface area contributed by atoms with Gasteiger partial charge in [0.15, 0.2) is 17.7 Å². The van der Waals surface area contributed by atoms with Crippen LogP contribution in [0.3, 0.4) is 0 Å². The van der Waals surface area contributed by atoms with Gasteiger partial charge in [0.1, 0.15) is 0 Å². The van der Waals surface area contributed by atoms with Crippen LogP contribution in [-0.2, 0) is 4.79 Å². The summed E-state index contributed by atoms with van der Waals surface area (Å²) in [6.07, 6.45) is 2.63. The lowest BCUT2D eigenvalue weighted by molar-refractivity contribution is -0.139. The Kier molecular flexibility index (Phi) is 2.82. The van der Waals surface area contributed by atoms with Crippen molar-refractivity contribution in [1.29, 1.82) is 0 Å². The minimum atomic E-state index is -1.23. The zero-order valence-electron chi connectivity index (χ0n) is 8.42. The van der Waals surface area contributed by atoms with Crippen molar-refractivity contribution in [1.82, 2.24) is 15.0 Å². The molecule has 7 heteroatoms. The first-order chi connectivity index (χ1) is 8.09. The molecule has 0 fully saturated rings. The normalized spacial score (nSPS) is 12.4. The summed E-state index contributed by atoms with van der Waals surface area (Å²) < 4.78 is 26.8. The first-order valence-corrected chi connectivity index (χ1v) is 4.63. The molecule has 1 atom stereocenters. The van der Waals surface area contributed by atoms with Gasteiger partial charge in [0.25, 0.3) is 0 Å². The predicted octanol–water partition coefficient (Wildman–Crippen LogP) is 1.23. The number of rotatable bonds is 3. The first-order valence-electron chi connectivity index (χ1n) is 4.63. The highest BCUT2D eigenvalue weighted by Crippen LogP contribution is 2.19. The summed E-state index contributed by atoms with van der Waals surface area (Å²) in [4.78, 5) is 11.1. The molecule has 1 N–H and O–H groups in total. The molecule has 88 valence electrons. The third kappa shape index (κ3) is 2.12. The van der Waals surface area contributed by atoms with Crippen molar-refractivity contribution in [3.05, 3.63) is 47.8 Å². The average molecular weight is 239 g/mol. The molecule has 1 aromatic carbocycles. The van der Waals surface area contributed by atoms with E-state index >= 15 is 0 Å². The molecule has 17 heavy (non-hydrogen) atoms. The van der Waals surface area contributed by atoms with Gasteiger partial charge in [-0.3, -0.25) is 0 Å². The van der Waals surface area contributed by atoms with Gasteiger partial charge in [-0.2, -0.15) is 0 Å². The molecule has 0 amide bonds. The highest BCUT2D eigenvalue weighted by Gasteiger charge is 2.23. The standard InChI is InChI=1S/C10H7F2N3O2/c11-7-2-1-6(5-8(7)12)9(10(16)17)15-4-3-13-14-15/h1-5,9H,(H,16,17). The Labute approximate surface area is 94.3 Å². The zero-order valence-corrected chi connectivity index (χ0v) is 8.42. The van der Waals surface area contributed by atoms with Crippen LogP contribution in [0, 0.1) is 11.6 Å². The Morgan fingerprint density at radius 3 is 2.65 bits per heavy atom. The highest BCUT2D eigenvalue weighted by atomic mass is 19.2. The molecule has 0 aliphatic heterocycles. The predicted molar refractivity (Wildman–Crippen MR) is 52.2 cm³/mol. The molecular weight excluding hydrogens is 232 g/mol. The zero-order chi connectivity index (χ0) is 12.4. The van der Waals surface area contributed by atoms with Crippen molar-refractivity contribution in [2.75, 3.05) is 0 Å². The average Bonchev–Trinajstić information content (AvgIpc) is 2.76. The van der Waals surface area contributed by atoms with E-state index in [9.17, 15) is 13.6 Å². The molecule has 2 rings (SSSR count). The minimum Gasteiger partial charge on any atom is -0.479 e. The topological polar surface area (TPSA) is 68.0 Å². The molecule has 2 aromatic rings. The Morgan fingerprint density at radius 2 is 2.12 bits per heavy atom. The molecule has 0 aliphatic rings. The van der Waals surface area contributed by atoms with Gasteiger partial charge in [-0.15, -0.1) is 5.10 Å². The van der Waals surface area contributed by atoms with Crippen LogP contribution in [0.25, 0.3) is 0 Å². The van der Waals surface area contributed by atoms with Gasteiger partial charge in [0.2, 0.25) is 0 Å². The largest absolute Gasteiger partial charge is 0.479 e. The Balaban J connectivity index is 2.47. The number of carboxylic acid groups (broad SMARTS) is 1. The fraction of sp³-hybridized carbons (Fsp3) is 0.100. The highest BCUT2D eigenvalue weighted by molar-refractivity contribution is 5.75. The maximum atomic E-state index is 13.0. The second-order valence-electron chi connectivity index (χ2n) is 3.30. The maximum Gasteiger partial charge on any atom is 0.333 e. The smallest absolute Gasteiger partial charge is 0.333 e. The van der Waals surface area contributed by atoms with Gasteiger partial charge in [-0.1, -0.05) is 11.3 Å². The number of aromatic nitrogens is 3. The van der Waals surface area contributed by atoms with E-state index in [0.29, 0.717) is 0 Å². The van der Waals surface area contributed by atoms with E-state index < -0.39 is 23.6 Å². The molecule has 0 saturated carbocycles. The Bertz CT molecular complexity index is 542. The van der Waals surface area contributed by atoms with Gasteiger partial charge in [0, 0.05) is 6.20 Å². The van der Waals surface area contributed by atoms with Crippen LogP contribution in [0.1, 0.15) is 11.6 Å². The van der Waals surface area contributed by atoms with Crippen LogP contribution in [-0.4, -0.2) is 26.1 Å². The molecular formula is C10H7F2N3O2. The van der Waals surface area contributed by atoms with E-state index in [0.717, 1.165) is 16.8 Å². The van der Waals surface area contributed by atoms with Crippen molar-refractivity contribution in [3.8, 4) is 0 Å². The van der Waals surface area contributed by atoms with Crippen molar-refractivity contribution >= 4 is 5.97 Å². The van der Waals surface area contributed by atoms with Crippen LogP contribution in [0.4, 0.5) is 8.78 Å². The van der Waals surface area contributed by atoms with E-state index in [1.54, 1.807) is 0 Å². The Morgan fingerprint density at radius 1 is 1.35 bits per heavy atom. The summed E-state index contributed by atoms with van der Waals surface area (Å²) >= 11 is 0. The first kappa shape index (κ1) is 11.2. The molecule has 0 spiro atoms. The van der Waals surface area contributed by atoms with Gasteiger partial charge in [-0.05, 0) is 17.7 Å². The van der Waals surface area contributed by atoms with Crippen molar-refractivity contribution < 1.29 is 18.7 Å². The molecule has 0 saturated heterocycles. The van der Waals surface area contributed by atoms with Crippen LogP contribution >= 0.6 is 0 Å². The van der Waals surface area contributed by atoms with Gasteiger partial charge in [-0.25, -0.2) is 18.3 Å². The van der Waals surface area contributed by atoms with Crippen LogP contribution in [0.15, 0.2) is 30.6 Å². The SMILES string of the molecule is O=C(O)C(c1ccc(F)c(F)c1)n1ccnn1. The summed E-state index contributed by atoms with van der Waals surface area (Å²) in [5.41, 5.74) is 0.0851. The third-order valence-electron chi connectivity index (χ3n) is 2.20. The summed E-state index contributed by atoms with van der Waals surface area (Å²) in [5, 5.41) is 16.1. The van der Waals surface area contributed by atoms with Crippen LogP contribution in [0.2, 0.25) is 0 Å². The van der Waals surface area contributed by atoms with E-state index in [1.165, 1.54) is 18.5 Å². The van der Waals surface area contributed by atoms with E-state index in [2.05, 4.69) is 10.3 Å². The Hall–Kier alpha value is -2.31. The van der Waals surface area contributed by atoms with Crippen molar-refractivity contribution in [3.63, 3.8) is 0 Å². The van der Waals surface area contributed by atoms with Crippen LogP contribution < -0.4 is 0 Å². The minimum absolute atomic E-state index is 0.0851. The third-order valence-corrected chi connectivity index (χ3v) is 2.20. The second kappa shape index (κ2) is 4.28. The number of aliphatic carboxylic acids is 1. The number of carbonyl (C=O) groups is 1. The molecule has 0 radical (unpaired) electrons. The number of hydrogen-bond acceptors (Lipinski definition) is 3. The molecule has 1 aromatic heterocycles. The maximum absolute atomic E-state index is 13.0. The van der Waals surface area contributed by atoms with Gasteiger partial charge in [0.05, 0.1) is 6.20 Å². The molecule has 0 bridgehead atoms. The molecule has 5 nitrogen and oxygen atoms in total. The fourth-order valence-electron chi connectivity index (χ4n) is 1.45. The quantitative estimate of drug-likeness (QED) is 0.874. The van der Waals surface area contributed by atoms with Crippen LogP contribution in [0.5, 0.6) is 0 Å². The van der Waals surface area contributed by atoms with Gasteiger partial charge < -0.3 is 5.11 Å². The van der Waals surface area contributed by atoms with E-state index in [1.807, 2.05) is 0 Å². The number of nitrogens with zero attached hydrogens (tertiary/aromatic N) is 3. The van der Waals surface area contributed by atoms with Crippen molar-refractivity contribution in [2.24, 2.45) is 0 Å². The molecule has 1 unspecified atom stereocenters. The second-order valence-corrected chi connectivity index (χ2v) is 3.30. The van der Waals surface area contributed by atoms with E-state index in [-0.39, 0.29) is 5.56 Å². The fourth-order valence-corrected chi connectivity index (χ4v) is 1.45. The summed E-state index contributed by atoms with van der Waals surface area (Å²) in [6, 6.07) is 1.67. The number of carboxylic acids is 1. The summed E-state index contributed by atoms with van der Waals surface area (Å²) in [5.74, 6) is -3.37. The lowest BCUT2D eigenvalue weighted by Gasteiger charge is -2.12. The lowest BCUT2D eigenvalue weighted by atomic mass is 10.1. The van der Waals surface area contributed by atoms with Gasteiger partial charge >= 0.3 is 5.97 Å². The number of halogens is 2. The van der Waals surface area contributed by atoms with E-state index in [4.69, 9.17) is 5.11 Å². The number of hydrogen-bond donors (Lipinski definition) is 1. The summed E-state index contributed by atoms with van der Waals surface area (Å²) in [6.45, 7) is 0. The lowest BCUT2D eigenvalue weighted by Crippen LogP contribution is -2.21. The molecule has 0 aliphatic carbocycles. The monoisotopic (exact) mass is 239 g/mol. The molecule has 1 heterocycles. The number of benzene rings is 1.